The molecular formula is C12H18F3IN4O. The summed E-state index contributed by atoms with van der Waals surface area (Å²) in [5.74, 6) is 0.181. The molecule has 1 aromatic heterocycles. The maximum Gasteiger partial charge on any atom is 0.422 e. The molecule has 3 N–H and O–H groups in total. The largest absolute Gasteiger partial charge is 0.468 e. The number of rotatable bonds is 5. The molecule has 120 valence electrons. The van der Waals surface area contributed by atoms with Crippen LogP contribution in [0.3, 0.4) is 0 Å². The smallest absolute Gasteiger partial charge is 0.422 e. The van der Waals surface area contributed by atoms with Crippen LogP contribution in [0.5, 0.6) is 5.88 Å². The van der Waals surface area contributed by atoms with Gasteiger partial charge in [0.05, 0.1) is 6.54 Å². The molecule has 0 amide bonds. The van der Waals surface area contributed by atoms with Crippen molar-refractivity contribution < 1.29 is 17.9 Å². The molecule has 0 saturated heterocycles. The van der Waals surface area contributed by atoms with Gasteiger partial charge in [-0.05, 0) is 25.5 Å². The molecule has 1 heterocycles. The third-order valence-corrected chi connectivity index (χ3v) is 2.05. The first-order valence-electron chi connectivity index (χ1n) is 5.97. The lowest BCUT2D eigenvalue weighted by Crippen LogP contribution is -2.36. The number of nitrogens with two attached hydrogens (primary N) is 1. The molecule has 0 aromatic carbocycles. The molecule has 0 aliphatic heterocycles. The summed E-state index contributed by atoms with van der Waals surface area (Å²) in [5, 5.41) is 2.90. The lowest BCUT2D eigenvalue weighted by Gasteiger charge is -2.10. The van der Waals surface area contributed by atoms with E-state index in [0.29, 0.717) is 5.56 Å². The van der Waals surface area contributed by atoms with Gasteiger partial charge in [-0.3, -0.25) is 0 Å². The molecular weight excluding hydrogens is 400 g/mol. The average molecular weight is 418 g/mol. The molecule has 0 fully saturated rings. The molecule has 5 nitrogen and oxygen atoms in total. The number of alkyl halides is 3. The zero-order chi connectivity index (χ0) is 15.2. The summed E-state index contributed by atoms with van der Waals surface area (Å²) in [7, 11) is 0. The van der Waals surface area contributed by atoms with Gasteiger partial charge in [0.2, 0.25) is 5.88 Å². The summed E-state index contributed by atoms with van der Waals surface area (Å²) in [6.07, 6.45) is -3.02. The summed E-state index contributed by atoms with van der Waals surface area (Å²) < 4.78 is 40.6. The number of hydrogen-bond donors (Lipinski definition) is 2. The topological polar surface area (TPSA) is 72.5 Å². The highest BCUT2D eigenvalue weighted by atomic mass is 127. The number of nitrogens with one attached hydrogen (secondary N) is 1. The monoisotopic (exact) mass is 418 g/mol. The van der Waals surface area contributed by atoms with Gasteiger partial charge < -0.3 is 15.8 Å². The highest BCUT2D eigenvalue weighted by Crippen LogP contribution is 2.17. The lowest BCUT2D eigenvalue weighted by atomic mass is 10.3. The van der Waals surface area contributed by atoms with Crippen LogP contribution in [-0.4, -0.2) is 29.8 Å². The van der Waals surface area contributed by atoms with Crippen molar-refractivity contribution in [2.45, 2.75) is 32.6 Å². The number of pyridine rings is 1. The van der Waals surface area contributed by atoms with Gasteiger partial charge in [0.25, 0.3) is 0 Å². The molecule has 0 atom stereocenters. The van der Waals surface area contributed by atoms with Crippen LogP contribution in [0.4, 0.5) is 13.2 Å². The third kappa shape index (κ3) is 9.32. The van der Waals surface area contributed by atoms with E-state index in [1.165, 1.54) is 12.3 Å². The molecule has 0 spiro atoms. The van der Waals surface area contributed by atoms with Gasteiger partial charge in [-0.25, -0.2) is 9.98 Å². The van der Waals surface area contributed by atoms with Crippen molar-refractivity contribution in [2.75, 3.05) is 6.61 Å². The number of hydrogen-bond acceptors (Lipinski definition) is 3. The number of nitrogens with zero attached hydrogens (tertiary/aromatic N) is 2. The van der Waals surface area contributed by atoms with Crippen molar-refractivity contribution in [3.05, 3.63) is 23.9 Å². The minimum absolute atomic E-state index is 0. The summed E-state index contributed by atoms with van der Waals surface area (Å²) >= 11 is 0. The molecule has 0 unspecified atom stereocenters. The van der Waals surface area contributed by atoms with Crippen LogP contribution in [-0.2, 0) is 6.54 Å². The maximum atomic E-state index is 12.0. The van der Waals surface area contributed by atoms with E-state index in [9.17, 15) is 13.2 Å². The molecule has 0 saturated carbocycles. The van der Waals surface area contributed by atoms with Gasteiger partial charge in [0, 0.05) is 18.3 Å². The van der Waals surface area contributed by atoms with Crippen molar-refractivity contribution in [2.24, 2.45) is 10.7 Å². The van der Waals surface area contributed by atoms with Crippen molar-refractivity contribution in [1.82, 2.24) is 10.3 Å². The van der Waals surface area contributed by atoms with Gasteiger partial charge in [-0.1, -0.05) is 0 Å². The Morgan fingerprint density at radius 3 is 2.71 bits per heavy atom. The number of aromatic nitrogens is 1. The molecule has 0 radical (unpaired) electrons. The first-order chi connectivity index (χ1) is 9.26. The second-order valence-corrected chi connectivity index (χ2v) is 4.41. The van der Waals surface area contributed by atoms with Crippen LogP contribution in [0, 0.1) is 0 Å². The second kappa shape index (κ2) is 8.90. The van der Waals surface area contributed by atoms with Crippen molar-refractivity contribution in [1.29, 1.82) is 0 Å². The van der Waals surface area contributed by atoms with E-state index in [2.05, 4.69) is 20.0 Å². The summed E-state index contributed by atoms with van der Waals surface area (Å²) in [5.41, 5.74) is 6.28. The summed E-state index contributed by atoms with van der Waals surface area (Å²) in [6, 6.07) is 3.19. The Bertz CT molecular complexity index is 466. The van der Waals surface area contributed by atoms with Gasteiger partial charge in [-0.15, -0.1) is 24.0 Å². The number of guanidine groups is 1. The molecule has 21 heavy (non-hydrogen) atoms. The van der Waals surface area contributed by atoms with Crippen LogP contribution in [0.2, 0.25) is 0 Å². The Labute approximate surface area is 138 Å². The van der Waals surface area contributed by atoms with Crippen LogP contribution in [0.15, 0.2) is 23.3 Å². The van der Waals surface area contributed by atoms with Crippen molar-refractivity contribution >= 4 is 29.9 Å². The quantitative estimate of drug-likeness (QED) is 0.438. The van der Waals surface area contributed by atoms with Crippen LogP contribution in [0.25, 0.3) is 0 Å². The van der Waals surface area contributed by atoms with Gasteiger partial charge in [0.15, 0.2) is 12.6 Å². The predicted octanol–water partition coefficient (Wildman–Crippen LogP) is 2.45. The Balaban J connectivity index is 0.00000400. The van der Waals surface area contributed by atoms with Crippen LogP contribution in [0.1, 0.15) is 19.4 Å². The fourth-order valence-corrected chi connectivity index (χ4v) is 1.30. The Morgan fingerprint density at radius 1 is 1.48 bits per heavy atom. The van der Waals surface area contributed by atoms with Crippen molar-refractivity contribution in [3.63, 3.8) is 0 Å². The summed E-state index contributed by atoms with van der Waals surface area (Å²) in [4.78, 5) is 7.76. The molecule has 9 heteroatoms. The lowest BCUT2D eigenvalue weighted by molar-refractivity contribution is -0.154. The third-order valence-electron chi connectivity index (χ3n) is 2.05. The first-order valence-corrected chi connectivity index (χ1v) is 5.97. The average Bonchev–Trinajstić information content (AvgIpc) is 2.33. The standard InChI is InChI=1S/C12H17F3N4O.HI/c1-8(2)19-11(16)18-6-9-3-4-17-10(5-9)20-7-12(13,14)15;/h3-5,8H,6-7H2,1-2H3,(H3,16,18,19);1H. The van der Waals surface area contributed by atoms with E-state index in [1.54, 1.807) is 6.07 Å². The fraction of sp³-hybridized carbons (Fsp3) is 0.500. The van der Waals surface area contributed by atoms with Gasteiger partial charge >= 0.3 is 6.18 Å². The number of ether oxygens (including phenoxy) is 1. The van der Waals surface area contributed by atoms with E-state index < -0.39 is 12.8 Å². The molecule has 0 aliphatic rings. The molecule has 0 aliphatic carbocycles. The van der Waals surface area contributed by atoms with Crippen molar-refractivity contribution in [3.8, 4) is 5.88 Å². The minimum atomic E-state index is -4.39. The zero-order valence-corrected chi connectivity index (χ0v) is 14.0. The fourth-order valence-electron chi connectivity index (χ4n) is 1.30. The SMILES string of the molecule is CC(C)NC(N)=NCc1ccnc(OCC(F)(F)F)c1.I. The van der Waals surface area contributed by atoms with Crippen LogP contribution < -0.4 is 15.8 Å². The Morgan fingerprint density at radius 2 is 2.14 bits per heavy atom. The normalized spacial score (nSPS) is 12.0. The number of halogens is 4. The Hall–Kier alpha value is -1.26. The molecule has 1 aromatic rings. The summed E-state index contributed by atoms with van der Waals surface area (Å²) in [6.45, 7) is 2.69. The Kier molecular flexibility index (Phi) is 8.37. The minimum Gasteiger partial charge on any atom is -0.468 e. The van der Waals surface area contributed by atoms with E-state index >= 15 is 0 Å². The zero-order valence-electron chi connectivity index (χ0n) is 11.6. The highest BCUT2D eigenvalue weighted by molar-refractivity contribution is 14.0. The van der Waals surface area contributed by atoms with E-state index in [4.69, 9.17) is 5.73 Å². The first kappa shape index (κ1) is 19.7. The van der Waals surface area contributed by atoms with Gasteiger partial charge in [-0.2, -0.15) is 13.2 Å². The van der Waals surface area contributed by atoms with E-state index in [-0.39, 0.29) is 48.4 Å². The highest BCUT2D eigenvalue weighted by Gasteiger charge is 2.28. The maximum absolute atomic E-state index is 12.0. The second-order valence-electron chi connectivity index (χ2n) is 4.41. The van der Waals surface area contributed by atoms with Crippen LogP contribution >= 0.6 is 24.0 Å². The predicted molar refractivity (Wildman–Crippen MR) is 84.8 cm³/mol. The van der Waals surface area contributed by atoms with Gasteiger partial charge in [0.1, 0.15) is 0 Å². The molecule has 1 rings (SSSR count). The number of aliphatic imine (C=N–C) groups is 1. The van der Waals surface area contributed by atoms with E-state index in [0.717, 1.165) is 0 Å². The molecule has 0 bridgehead atoms. The van der Waals surface area contributed by atoms with E-state index in [1.807, 2.05) is 13.8 Å².